The Bertz CT molecular complexity index is 1040. The molecule has 2 atom stereocenters. The standard InChI is InChI=1S/C22H20ClF2N3O3/c23-16-2-1-7-26-19(16)20(29)27-8-5-22(6-9-27)21(30)28-17(3-4-18(28)31-22)13-10-14(24)12-15(25)11-13/h1-2,7,10-12,17-18H,3-6,8-9H2/t17-,18?/m0/s1. The zero-order valence-electron chi connectivity index (χ0n) is 16.6. The van der Waals surface area contributed by atoms with E-state index in [9.17, 15) is 18.4 Å². The molecule has 3 saturated heterocycles. The zero-order valence-corrected chi connectivity index (χ0v) is 17.3. The molecule has 5 rings (SSSR count). The van der Waals surface area contributed by atoms with Gasteiger partial charge in [0.05, 0.1) is 11.1 Å². The lowest BCUT2D eigenvalue weighted by Gasteiger charge is -2.37. The lowest BCUT2D eigenvalue weighted by molar-refractivity contribution is -0.142. The summed E-state index contributed by atoms with van der Waals surface area (Å²) in [5.74, 6) is -1.78. The van der Waals surface area contributed by atoms with Gasteiger partial charge in [-0.15, -0.1) is 0 Å². The van der Waals surface area contributed by atoms with Crippen LogP contribution < -0.4 is 0 Å². The fraction of sp³-hybridized carbons (Fsp3) is 0.409. The number of piperidine rings is 1. The minimum atomic E-state index is -1.01. The number of hydrogen-bond acceptors (Lipinski definition) is 4. The van der Waals surface area contributed by atoms with Gasteiger partial charge in [-0.2, -0.15) is 0 Å². The molecule has 2 aromatic rings. The molecule has 3 fully saturated rings. The van der Waals surface area contributed by atoms with Gasteiger partial charge in [0.1, 0.15) is 23.6 Å². The van der Waals surface area contributed by atoms with Crippen LogP contribution in [-0.2, 0) is 9.53 Å². The number of aromatic nitrogens is 1. The largest absolute Gasteiger partial charge is 0.342 e. The first-order valence-corrected chi connectivity index (χ1v) is 10.6. The van der Waals surface area contributed by atoms with Gasteiger partial charge >= 0.3 is 0 Å². The number of pyridine rings is 1. The van der Waals surface area contributed by atoms with Crippen molar-refractivity contribution in [1.82, 2.24) is 14.8 Å². The highest BCUT2D eigenvalue weighted by molar-refractivity contribution is 6.33. The van der Waals surface area contributed by atoms with Gasteiger partial charge in [0.25, 0.3) is 11.8 Å². The molecule has 1 unspecified atom stereocenters. The number of rotatable bonds is 2. The van der Waals surface area contributed by atoms with E-state index in [1.54, 1.807) is 21.9 Å². The average Bonchev–Trinajstić information content (AvgIpc) is 3.26. The Morgan fingerprint density at radius 3 is 2.55 bits per heavy atom. The van der Waals surface area contributed by atoms with E-state index in [0.717, 1.165) is 6.07 Å². The van der Waals surface area contributed by atoms with E-state index in [-0.39, 0.29) is 22.5 Å². The number of halogens is 3. The van der Waals surface area contributed by atoms with Crippen LogP contribution in [0, 0.1) is 11.6 Å². The maximum Gasteiger partial charge on any atom is 0.274 e. The fourth-order valence-electron chi connectivity index (χ4n) is 4.90. The average molecular weight is 448 g/mol. The number of likely N-dealkylation sites (tertiary alicyclic amines) is 1. The van der Waals surface area contributed by atoms with Crippen molar-refractivity contribution in [3.63, 3.8) is 0 Å². The van der Waals surface area contributed by atoms with E-state index >= 15 is 0 Å². The topological polar surface area (TPSA) is 62.7 Å². The van der Waals surface area contributed by atoms with Crippen molar-refractivity contribution in [2.24, 2.45) is 0 Å². The second-order valence-corrected chi connectivity index (χ2v) is 8.61. The Balaban J connectivity index is 1.32. The lowest BCUT2D eigenvalue weighted by Crippen LogP contribution is -2.51. The summed E-state index contributed by atoms with van der Waals surface area (Å²) in [6.07, 6.45) is 2.97. The van der Waals surface area contributed by atoms with Crippen molar-refractivity contribution >= 4 is 23.4 Å². The summed E-state index contributed by atoms with van der Waals surface area (Å²) in [5.41, 5.74) is -0.390. The summed E-state index contributed by atoms with van der Waals surface area (Å²) in [7, 11) is 0. The maximum atomic E-state index is 13.7. The molecule has 3 aliphatic rings. The first-order chi connectivity index (χ1) is 14.9. The molecule has 0 radical (unpaired) electrons. The molecule has 0 saturated carbocycles. The van der Waals surface area contributed by atoms with Crippen molar-refractivity contribution in [2.45, 2.75) is 43.6 Å². The first-order valence-electron chi connectivity index (χ1n) is 10.2. The van der Waals surface area contributed by atoms with Gasteiger partial charge in [0, 0.05) is 38.2 Å². The van der Waals surface area contributed by atoms with Crippen LogP contribution in [0.1, 0.15) is 47.8 Å². The normalized spacial score (nSPS) is 24.7. The molecular formula is C22H20ClF2N3O3. The van der Waals surface area contributed by atoms with Gasteiger partial charge in [-0.25, -0.2) is 13.8 Å². The van der Waals surface area contributed by atoms with Crippen LogP contribution >= 0.6 is 11.6 Å². The summed E-state index contributed by atoms with van der Waals surface area (Å²) in [4.78, 5) is 33.5. The van der Waals surface area contributed by atoms with Crippen molar-refractivity contribution in [2.75, 3.05) is 13.1 Å². The summed E-state index contributed by atoms with van der Waals surface area (Å²) >= 11 is 6.09. The molecule has 4 heterocycles. The molecule has 0 N–H and O–H groups in total. The minimum Gasteiger partial charge on any atom is -0.342 e. The monoisotopic (exact) mass is 447 g/mol. The summed E-state index contributed by atoms with van der Waals surface area (Å²) in [6, 6.07) is 6.21. The Labute approximate surface area is 182 Å². The summed E-state index contributed by atoms with van der Waals surface area (Å²) in [5, 5.41) is 0.284. The van der Waals surface area contributed by atoms with E-state index in [0.29, 0.717) is 44.3 Å². The molecule has 31 heavy (non-hydrogen) atoms. The third-order valence-electron chi connectivity index (χ3n) is 6.41. The number of nitrogens with zero attached hydrogens (tertiary/aromatic N) is 3. The predicted molar refractivity (Wildman–Crippen MR) is 107 cm³/mol. The summed E-state index contributed by atoms with van der Waals surface area (Å²) in [6.45, 7) is 0.661. The van der Waals surface area contributed by atoms with Gasteiger partial charge in [0.15, 0.2) is 5.60 Å². The first kappa shape index (κ1) is 20.3. The number of carbonyl (C=O) groups excluding carboxylic acids is 2. The Hall–Kier alpha value is -2.58. The van der Waals surface area contributed by atoms with E-state index in [1.807, 2.05) is 0 Å². The highest BCUT2D eigenvalue weighted by Gasteiger charge is 2.58. The quantitative estimate of drug-likeness (QED) is 0.704. The van der Waals surface area contributed by atoms with Crippen LogP contribution in [0.4, 0.5) is 8.78 Å². The Morgan fingerprint density at radius 1 is 1.16 bits per heavy atom. The maximum absolute atomic E-state index is 13.7. The van der Waals surface area contributed by atoms with Crippen molar-refractivity contribution in [3.8, 4) is 0 Å². The molecule has 0 bridgehead atoms. The van der Waals surface area contributed by atoms with Gasteiger partial charge in [0.2, 0.25) is 0 Å². The number of hydrogen-bond donors (Lipinski definition) is 0. The predicted octanol–water partition coefficient (Wildman–Crippen LogP) is 3.71. The molecule has 1 aromatic carbocycles. The lowest BCUT2D eigenvalue weighted by atomic mass is 9.89. The van der Waals surface area contributed by atoms with E-state index in [2.05, 4.69) is 4.98 Å². The second-order valence-electron chi connectivity index (χ2n) is 8.20. The SMILES string of the molecule is O=C(c1ncccc1Cl)N1CCC2(CC1)OC1CC[C@@H](c3cc(F)cc(F)c3)N1C2=O. The molecule has 6 nitrogen and oxygen atoms in total. The molecule has 9 heteroatoms. The number of carbonyl (C=O) groups is 2. The van der Waals surface area contributed by atoms with Gasteiger partial charge in [-0.05, 0) is 42.7 Å². The molecule has 2 amide bonds. The number of fused-ring (bicyclic) bond motifs is 1. The number of amides is 2. The number of benzene rings is 1. The van der Waals surface area contributed by atoms with Crippen LogP contribution in [0.25, 0.3) is 0 Å². The van der Waals surface area contributed by atoms with Crippen LogP contribution in [0.15, 0.2) is 36.5 Å². The van der Waals surface area contributed by atoms with Crippen molar-refractivity contribution in [1.29, 1.82) is 0 Å². The second kappa shape index (κ2) is 7.53. The molecule has 0 aliphatic carbocycles. The molecular weight excluding hydrogens is 428 g/mol. The zero-order chi connectivity index (χ0) is 21.8. The smallest absolute Gasteiger partial charge is 0.274 e. The third-order valence-corrected chi connectivity index (χ3v) is 6.71. The Kier molecular flexibility index (Phi) is 4.94. The van der Waals surface area contributed by atoms with Crippen LogP contribution in [0.3, 0.4) is 0 Å². The Morgan fingerprint density at radius 2 is 1.87 bits per heavy atom. The van der Waals surface area contributed by atoms with Crippen LogP contribution in [-0.4, -0.2) is 51.5 Å². The summed E-state index contributed by atoms with van der Waals surface area (Å²) < 4.78 is 33.7. The van der Waals surface area contributed by atoms with Gasteiger partial charge in [-0.3, -0.25) is 9.59 Å². The number of ether oxygens (including phenoxy) is 1. The van der Waals surface area contributed by atoms with E-state index in [4.69, 9.17) is 16.3 Å². The van der Waals surface area contributed by atoms with Crippen molar-refractivity contribution in [3.05, 3.63) is 64.4 Å². The van der Waals surface area contributed by atoms with Crippen LogP contribution in [0.2, 0.25) is 5.02 Å². The highest BCUT2D eigenvalue weighted by atomic mass is 35.5. The molecule has 1 spiro atoms. The van der Waals surface area contributed by atoms with Gasteiger partial charge in [-0.1, -0.05) is 11.6 Å². The van der Waals surface area contributed by atoms with Gasteiger partial charge < -0.3 is 14.5 Å². The van der Waals surface area contributed by atoms with E-state index in [1.165, 1.54) is 18.3 Å². The molecule has 1 aromatic heterocycles. The van der Waals surface area contributed by atoms with Crippen LogP contribution in [0.5, 0.6) is 0 Å². The van der Waals surface area contributed by atoms with Crippen molar-refractivity contribution < 1.29 is 23.1 Å². The van der Waals surface area contributed by atoms with E-state index < -0.39 is 29.5 Å². The molecule has 3 aliphatic heterocycles. The minimum absolute atomic E-state index is 0.173. The highest BCUT2D eigenvalue weighted by Crippen LogP contribution is 2.47. The fourth-order valence-corrected chi connectivity index (χ4v) is 5.11. The molecule has 162 valence electrons. The third kappa shape index (κ3) is 3.38.